The summed E-state index contributed by atoms with van der Waals surface area (Å²) in [5, 5.41) is 5.77. The van der Waals surface area contributed by atoms with E-state index in [1.54, 1.807) is 0 Å². The Morgan fingerprint density at radius 2 is 2.19 bits per heavy atom. The lowest BCUT2D eigenvalue weighted by molar-refractivity contribution is 0.599. The molecule has 0 spiro atoms. The average molecular weight is 325 g/mol. The number of aryl methyl sites for hydroxylation is 1. The highest BCUT2D eigenvalue weighted by molar-refractivity contribution is 7.91. The maximum absolute atomic E-state index is 11.3. The van der Waals surface area contributed by atoms with E-state index in [2.05, 4.69) is 15.0 Å². The number of nitrogens with zero attached hydrogens (tertiary/aromatic N) is 4. The first-order valence-electron chi connectivity index (χ1n) is 6.54. The summed E-state index contributed by atoms with van der Waals surface area (Å²) in [5.41, 5.74) is 2.13. The molecule has 9 heteroatoms. The van der Waals surface area contributed by atoms with E-state index in [1.165, 1.54) is 6.20 Å². The van der Waals surface area contributed by atoms with Crippen LogP contribution >= 0.6 is 11.3 Å². The average Bonchev–Trinajstić information content (AvgIpc) is 2.96. The van der Waals surface area contributed by atoms with Gasteiger partial charge in [-0.2, -0.15) is 0 Å². The van der Waals surface area contributed by atoms with Crippen molar-refractivity contribution in [3.05, 3.63) is 29.5 Å². The van der Waals surface area contributed by atoms with Gasteiger partial charge in [-0.3, -0.25) is 0 Å². The summed E-state index contributed by atoms with van der Waals surface area (Å²) in [6, 6.07) is 0. The third-order valence-corrected chi connectivity index (χ3v) is 5.80. The van der Waals surface area contributed by atoms with E-state index < -0.39 is 10.0 Å². The van der Waals surface area contributed by atoms with Gasteiger partial charge in [-0.05, 0) is 12.0 Å². The van der Waals surface area contributed by atoms with Crippen molar-refractivity contribution in [3.8, 4) is 0 Å². The summed E-state index contributed by atoms with van der Waals surface area (Å²) >= 11 is 1.09. The van der Waals surface area contributed by atoms with E-state index in [0.29, 0.717) is 11.7 Å². The fourth-order valence-corrected chi connectivity index (χ4v) is 3.77. The van der Waals surface area contributed by atoms with Crippen LogP contribution in [0.25, 0.3) is 0 Å². The van der Waals surface area contributed by atoms with Crippen molar-refractivity contribution in [2.24, 2.45) is 5.14 Å². The summed E-state index contributed by atoms with van der Waals surface area (Å²) in [6.07, 6.45) is 4.81. The summed E-state index contributed by atoms with van der Waals surface area (Å²) in [4.78, 5) is 15.0. The second kappa shape index (κ2) is 5.32. The Labute approximate surface area is 126 Å². The van der Waals surface area contributed by atoms with Gasteiger partial charge in [-0.25, -0.2) is 28.5 Å². The molecular weight excluding hydrogens is 310 g/mol. The van der Waals surface area contributed by atoms with Crippen molar-refractivity contribution in [2.75, 3.05) is 11.4 Å². The van der Waals surface area contributed by atoms with E-state index >= 15 is 0 Å². The molecule has 0 radical (unpaired) electrons. The van der Waals surface area contributed by atoms with Gasteiger partial charge in [0.05, 0.1) is 18.4 Å². The molecule has 0 saturated carbocycles. The van der Waals surface area contributed by atoms with E-state index in [-0.39, 0.29) is 4.21 Å². The minimum atomic E-state index is -3.69. The minimum absolute atomic E-state index is 0.0835. The van der Waals surface area contributed by atoms with E-state index in [1.807, 2.05) is 18.0 Å². The maximum atomic E-state index is 11.3. The van der Waals surface area contributed by atoms with Crippen molar-refractivity contribution < 1.29 is 8.42 Å². The summed E-state index contributed by atoms with van der Waals surface area (Å²) in [5.74, 6) is 0.819. The van der Waals surface area contributed by atoms with Crippen LogP contribution in [-0.4, -0.2) is 29.9 Å². The molecule has 7 nitrogen and oxygen atoms in total. The zero-order chi connectivity index (χ0) is 15.0. The highest BCUT2D eigenvalue weighted by Gasteiger charge is 2.22. The quantitative estimate of drug-likeness (QED) is 0.891. The second-order valence-electron chi connectivity index (χ2n) is 4.79. The number of hydrogen-bond acceptors (Lipinski definition) is 7. The van der Waals surface area contributed by atoms with Crippen LogP contribution in [0.15, 0.2) is 16.6 Å². The molecule has 0 aromatic carbocycles. The number of anilines is 1. The molecule has 0 saturated heterocycles. The van der Waals surface area contributed by atoms with Gasteiger partial charge in [0.25, 0.3) is 0 Å². The fourth-order valence-electron chi connectivity index (χ4n) is 2.21. The second-order valence-corrected chi connectivity index (χ2v) is 7.59. The molecule has 1 aliphatic heterocycles. The summed E-state index contributed by atoms with van der Waals surface area (Å²) in [6.45, 7) is 3.39. The predicted molar refractivity (Wildman–Crippen MR) is 79.7 cm³/mol. The Balaban J connectivity index is 1.87. The monoisotopic (exact) mass is 325 g/mol. The molecule has 0 unspecified atom stereocenters. The Kier molecular flexibility index (Phi) is 3.64. The molecule has 3 rings (SSSR count). The number of nitrogens with two attached hydrogens (primary N) is 1. The summed E-state index contributed by atoms with van der Waals surface area (Å²) < 4.78 is 22.7. The van der Waals surface area contributed by atoms with Gasteiger partial charge >= 0.3 is 0 Å². The van der Waals surface area contributed by atoms with Crippen LogP contribution in [0.3, 0.4) is 0 Å². The number of sulfonamides is 1. The van der Waals surface area contributed by atoms with Crippen LogP contribution in [0.4, 0.5) is 5.13 Å². The molecule has 112 valence electrons. The Bertz CT molecular complexity index is 772. The highest BCUT2D eigenvalue weighted by Crippen LogP contribution is 2.29. The van der Waals surface area contributed by atoms with Crippen molar-refractivity contribution in [3.63, 3.8) is 0 Å². The van der Waals surface area contributed by atoms with Crippen LogP contribution in [-0.2, 0) is 29.4 Å². The van der Waals surface area contributed by atoms with Crippen LogP contribution in [0.2, 0.25) is 0 Å². The SMILES string of the molecule is CCc1ncc2c(n1)CN(c1ncc(S(N)(=O)=O)s1)CC2. The molecule has 0 atom stereocenters. The van der Waals surface area contributed by atoms with Crippen LogP contribution < -0.4 is 10.0 Å². The number of thiazole rings is 1. The zero-order valence-electron chi connectivity index (χ0n) is 11.5. The maximum Gasteiger partial charge on any atom is 0.249 e. The lowest BCUT2D eigenvalue weighted by atomic mass is 10.1. The van der Waals surface area contributed by atoms with Gasteiger partial charge in [-0.1, -0.05) is 18.3 Å². The topological polar surface area (TPSA) is 102 Å². The zero-order valence-corrected chi connectivity index (χ0v) is 13.1. The molecule has 21 heavy (non-hydrogen) atoms. The van der Waals surface area contributed by atoms with Crippen molar-refractivity contribution >= 4 is 26.5 Å². The Morgan fingerprint density at radius 3 is 2.86 bits per heavy atom. The van der Waals surface area contributed by atoms with Gasteiger partial charge in [0.1, 0.15) is 5.82 Å². The largest absolute Gasteiger partial charge is 0.342 e. The molecule has 2 N–H and O–H groups in total. The van der Waals surface area contributed by atoms with Crippen LogP contribution in [0, 0.1) is 0 Å². The van der Waals surface area contributed by atoms with E-state index in [9.17, 15) is 8.42 Å². The van der Waals surface area contributed by atoms with Crippen molar-refractivity contribution in [1.29, 1.82) is 0 Å². The first-order valence-corrected chi connectivity index (χ1v) is 8.91. The van der Waals surface area contributed by atoms with Crippen molar-refractivity contribution in [2.45, 2.75) is 30.5 Å². The van der Waals surface area contributed by atoms with Crippen molar-refractivity contribution in [1.82, 2.24) is 15.0 Å². The van der Waals surface area contributed by atoms with Gasteiger partial charge in [0.2, 0.25) is 10.0 Å². The first kappa shape index (κ1) is 14.4. The number of hydrogen-bond donors (Lipinski definition) is 1. The molecule has 0 fully saturated rings. The van der Waals surface area contributed by atoms with Gasteiger partial charge < -0.3 is 4.90 Å². The molecule has 2 aromatic heterocycles. The normalized spacial score (nSPS) is 15.0. The fraction of sp³-hybridized carbons (Fsp3) is 0.417. The van der Waals surface area contributed by atoms with Crippen LogP contribution in [0.5, 0.6) is 0 Å². The number of primary sulfonamides is 1. The number of aromatic nitrogens is 3. The third-order valence-electron chi connectivity index (χ3n) is 3.34. The highest BCUT2D eigenvalue weighted by atomic mass is 32.2. The van der Waals surface area contributed by atoms with Gasteiger partial charge in [0.15, 0.2) is 9.34 Å². The smallest absolute Gasteiger partial charge is 0.249 e. The molecule has 0 amide bonds. The summed E-state index contributed by atoms with van der Waals surface area (Å²) in [7, 11) is -3.69. The molecule has 0 bridgehead atoms. The predicted octanol–water partition coefficient (Wildman–Crippen LogP) is 0.706. The Hall–Kier alpha value is -1.58. The first-order chi connectivity index (χ1) is 9.97. The molecule has 2 aromatic rings. The molecular formula is C12H15N5O2S2. The molecule has 3 heterocycles. The van der Waals surface area contributed by atoms with Gasteiger partial charge in [0, 0.05) is 19.2 Å². The molecule has 0 aliphatic carbocycles. The molecule has 1 aliphatic rings. The van der Waals surface area contributed by atoms with Crippen LogP contribution in [0.1, 0.15) is 24.0 Å². The standard InChI is InChI=1S/C12H15N5O2S2/c1-2-10-14-5-8-3-4-17(7-9(8)16-10)12-15-6-11(20-12)21(13,18)19/h5-6H,2-4,7H2,1H3,(H2,13,18,19). The third kappa shape index (κ3) is 2.89. The van der Waals surface area contributed by atoms with E-state index in [4.69, 9.17) is 5.14 Å². The van der Waals surface area contributed by atoms with Gasteiger partial charge in [-0.15, -0.1) is 0 Å². The Morgan fingerprint density at radius 1 is 1.38 bits per heavy atom. The lowest BCUT2D eigenvalue weighted by Crippen LogP contribution is -2.31. The number of fused-ring (bicyclic) bond motifs is 1. The lowest BCUT2D eigenvalue weighted by Gasteiger charge is -2.27. The minimum Gasteiger partial charge on any atom is -0.342 e. The number of rotatable bonds is 3. The van der Waals surface area contributed by atoms with E-state index in [0.717, 1.165) is 47.8 Å².